The van der Waals surface area contributed by atoms with E-state index < -0.39 is 0 Å². The lowest BCUT2D eigenvalue weighted by molar-refractivity contribution is 0.185. The van der Waals surface area contributed by atoms with E-state index in [1.807, 2.05) is 13.0 Å². The molecule has 37 heavy (non-hydrogen) atoms. The average molecular weight is 500 g/mol. The Labute approximate surface area is 221 Å². The van der Waals surface area contributed by atoms with Crippen LogP contribution in [0.1, 0.15) is 61.2 Å². The summed E-state index contributed by atoms with van der Waals surface area (Å²) in [6, 6.07) is 27.8. The van der Waals surface area contributed by atoms with E-state index in [1.54, 1.807) is 0 Å². The number of hydrogen-bond donors (Lipinski definition) is 1. The van der Waals surface area contributed by atoms with Crippen molar-refractivity contribution in [2.45, 2.75) is 58.4 Å². The van der Waals surface area contributed by atoms with Gasteiger partial charge in [-0.05, 0) is 97.8 Å². The second-order valence-corrected chi connectivity index (χ2v) is 10.1. The summed E-state index contributed by atoms with van der Waals surface area (Å²) in [6.45, 7) is 7.51. The SMILES string of the molecule is Cc1ccc(C(C)CCN(CCO)Cc2ccc3cc(OCCCCCc4ccccc4)ccc3c2)o1. The van der Waals surface area contributed by atoms with Crippen molar-refractivity contribution in [3.05, 3.63) is 102 Å². The summed E-state index contributed by atoms with van der Waals surface area (Å²) in [7, 11) is 0. The van der Waals surface area contributed by atoms with Crippen LogP contribution in [0.2, 0.25) is 0 Å². The van der Waals surface area contributed by atoms with Crippen LogP contribution in [-0.2, 0) is 13.0 Å². The number of furan rings is 1. The molecule has 0 bridgehead atoms. The van der Waals surface area contributed by atoms with Gasteiger partial charge in [0.1, 0.15) is 17.3 Å². The van der Waals surface area contributed by atoms with Crippen LogP contribution in [0.3, 0.4) is 0 Å². The fraction of sp³-hybridized carbons (Fsp3) is 0.394. The number of aliphatic hydroxyl groups is 1. The largest absolute Gasteiger partial charge is 0.494 e. The van der Waals surface area contributed by atoms with Gasteiger partial charge in [0.25, 0.3) is 0 Å². The van der Waals surface area contributed by atoms with Gasteiger partial charge in [-0.2, -0.15) is 0 Å². The first-order chi connectivity index (χ1) is 18.1. The summed E-state index contributed by atoms with van der Waals surface area (Å²) in [6.07, 6.45) is 5.58. The summed E-state index contributed by atoms with van der Waals surface area (Å²) < 4.78 is 11.8. The van der Waals surface area contributed by atoms with Crippen LogP contribution >= 0.6 is 0 Å². The van der Waals surface area contributed by atoms with Crippen LogP contribution in [0.15, 0.2) is 83.3 Å². The molecule has 0 saturated carbocycles. The third kappa shape index (κ3) is 8.48. The molecule has 0 aliphatic heterocycles. The molecule has 0 fully saturated rings. The van der Waals surface area contributed by atoms with Crippen LogP contribution in [0.25, 0.3) is 10.8 Å². The zero-order valence-corrected chi connectivity index (χ0v) is 22.4. The van der Waals surface area contributed by atoms with Gasteiger partial charge in [-0.1, -0.05) is 55.5 Å². The van der Waals surface area contributed by atoms with Gasteiger partial charge in [0.15, 0.2) is 0 Å². The highest BCUT2D eigenvalue weighted by Crippen LogP contribution is 2.25. The zero-order valence-electron chi connectivity index (χ0n) is 22.4. The van der Waals surface area contributed by atoms with Crippen LogP contribution in [-0.4, -0.2) is 36.3 Å². The van der Waals surface area contributed by atoms with E-state index in [9.17, 15) is 5.11 Å². The minimum Gasteiger partial charge on any atom is -0.494 e. The molecule has 0 saturated heterocycles. The molecular formula is C33H41NO3. The van der Waals surface area contributed by atoms with Crippen molar-refractivity contribution < 1.29 is 14.3 Å². The van der Waals surface area contributed by atoms with Gasteiger partial charge in [0.05, 0.1) is 13.2 Å². The van der Waals surface area contributed by atoms with Gasteiger partial charge in [-0.3, -0.25) is 4.90 Å². The highest BCUT2D eigenvalue weighted by molar-refractivity contribution is 5.84. The first-order valence-electron chi connectivity index (χ1n) is 13.7. The number of aliphatic hydroxyl groups excluding tert-OH is 1. The Morgan fingerprint density at radius 1 is 0.838 bits per heavy atom. The first-order valence-corrected chi connectivity index (χ1v) is 13.7. The molecule has 4 heteroatoms. The number of fused-ring (bicyclic) bond motifs is 1. The second kappa shape index (κ2) is 14.0. The average Bonchev–Trinajstić information content (AvgIpc) is 3.36. The smallest absolute Gasteiger partial charge is 0.119 e. The number of hydrogen-bond acceptors (Lipinski definition) is 4. The first kappa shape index (κ1) is 27.0. The van der Waals surface area contributed by atoms with E-state index in [-0.39, 0.29) is 6.61 Å². The molecule has 1 aromatic heterocycles. The normalized spacial score (nSPS) is 12.3. The standard InChI is InChI=1S/C33H41NO3/c1-26(33-17-12-27(2)37-33)18-19-34(20-21-35)25-29-13-14-31-24-32(16-15-30(31)23-29)36-22-8-4-7-11-28-9-5-3-6-10-28/h3,5-6,9-10,12-17,23-24,26,35H,4,7-8,11,18-22,25H2,1-2H3. The fourth-order valence-electron chi connectivity index (χ4n) is 4.81. The van der Waals surface area contributed by atoms with E-state index in [2.05, 4.69) is 84.6 Å². The summed E-state index contributed by atoms with van der Waals surface area (Å²) in [5, 5.41) is 12.0. The third-order valence-corrected chi connectivity index (χ3v) is 7.05. The molecule has 4 rings (SSSR count). The van der Waals surface area contributed by atoms with E-state index in [1.165, 1.54) is 34.7 Å². The van der Waals surface area contributed by atoms with E-state index >= 15 is 0 Å². The number of benzene rings is 3. The molecule has 196 valence electrons. The van der Waals surface area contributed by atoms with Crippen LogP contribution in [0.4, 0.5) is 0 Å². The molecule has 1 heterocycles. The van der Waals surface area contributed by atoms with Crippen molar-refractivity contribution in [2.75, 3.05) is 26.3 Å². The summed E-state index contributed by atoms with van der Waals surface area (Å²) in [4.78, 5) is 2.32. The molecule has 0 aliphatic rings. The minimum absolute atomic E-state index is 0.161. The Morgan fingerprint density at radius 2 is 1.65 bits per heavy atom. The quantitative estimate of drug-likeness (QED) is 0.172. The predicted octanol–water partition coefficient (Wildman–Crippen LogP) is 7.52. The van der Waals surface area contributed by atoms with E-state index in [0.717, 1.165) is 56.2 Å². The number of unbranched alkanes of at least 4 members (excludes halogenated alkanes) is 2. The van der Waals surface area contributed by atoms with E-state index in [4.69, 9.17) is 9.15 Å². The molecule has 0 aliphatic carbocycles. The Bertz CT molecular complexity index is 1220. The maximum Gasteiger partial charge on any atom is 0.119 e. The lowest BCUT2D eigenvalue weighted by Crippen LogP contribution is -2.28. The molecule has 1 N–H and O–H groups in total. The molecule has 1 unspecified atom stereocenters. The van der Waals surface area contributed by atoms with Gasteiger partial charge < -0.3 is 14.3 Å². The van der Waals surface area contributed by atoms with Gasteiger partial charge in [0.2, 0.25) is 0 Å². The number of aryl methyl sites for hydroxylation is 2. The topological polar surface area (TPSA) is 45.8 Å². The van der Waals surface area contributed by atoms with Gasteiger partial charge in [-0.25, -0.2) is 0 Å². The molecule has 0 amide bonds. The number of nitrogens with zero attached hydrogens (tertiary/aromatic N) is 1. The summed E-state index contributed by atoms with van der Waals surface area (Å²) >= 11 is 0. The Balaban J connectivity index is 1.24. The van der Waals surface area contributed by atoms with Crippen molar-refractivity contribution in [3.8, 4) is 5.75 Å². The van der Waals surface area contributed by atoms with Crippen LogP contribution in [0, 0.1) is 6.92 Å². The summed E-state index contributed by atoms with van der Waals surface area (Å²) in [5.74, 6) is 3.29. The molecule has 0 radical (unpaired) electrons. The fourth-order valence-corrected chi connectivity index (χ4v) is 4.81. The lowest BCUT2D eigenvalue weighted by Gasteiger charge is -2.23. The maximum atomic E-state index is 9.60. The second-order valence-electron chi connectivity index (χ2n) is 10.1. The Morgan fingerprint density at radius 3 is 2.43 bits per heavy atom. The zero-order chi connectivity index (χ0) is 25.9. The maximum absolute atomic E-state index is 9.60. The molecule has 4 aromatic rings. The number of rotatable bonds is 15. The van der Waals surface area contributed by atoms with Crippen molar-refractivity contribution in [1.29, 1.82) is 0 Å². The molecule has 4 nitrogen and oxygen atoms in total. The minimum atomic E-state index is 0.161. The highest BCUT2D eigenvalue weighted by atomic mass is 16.5. The van der Waals surface area contributed by atoms with Gasteiger partial charge in [0, 0.05) is 19.0 Å². The van der Waals surface area contributed by atoms with Crippen molar-refractivity contribution >= 4 is 10.8 Å². The third-order valence-electron chi connectivity index (χ3n) is 7.05. The van der Waals surface area contributed by atoms with Gasteiger partial charge in [-0.15, -0.1) is 0 Å². The van der Waals surface area contributed by atoms with Gasteiger partial charge >= 0.3 is 0 Å². The predicted molar refractivity (Wildman–Crippen MR) is 152 cm³/mol. The molecular weight excluding hydrogens is 458 g/mol. The van der Waals surface area contributed by atoms with E-state index in [0.29, 0.717) is 12.5 Å². The monoisotopic (exact) mass is 499 g/mol. The Hall–Kier alpha value is -3.08. The van der Waals surface area contributed by atoms with Crippen LogP contribution in [0.5, 0.6) is 5.75 Å². The molecule has 3 aromatic carbocycles. The van der Waals surface area contributed by atoms with Crippen LogP contribution < -0.4 is 4.74 Å². The summed E-state index contributed by atoms with van der Waals surface area (Å²) in [5.41, 5.74) is 2.67. The van der Waals surface area contributed by atoms with Crippen molar-refractivity contribution in [1.82, 2.24) is 4.90 Å². The Kier molecular flexibility index (Phi) is 10.2. The van der Waals surface area contributed by atoms with Crippen molar-refractivity contribution in [2.24, 2.45) is 0 Å². The lowest BCUT2D eigenvalue weighted by atomic mass is 10.0. The highest BCUT2D eigenvalue weighted by Gasteiger charge is 2.13. The molecule has 0 spiro atoms. The van der Waals surface area contributed by atoms with Crippen molar-refractivity contribution in [3.63, 3.8) is 0 Å². The number of ether oxygens (including phenoxy) is 1. The molecule has 1 atom stereocenters.